The fraction of sp³-hybridized carbons (Fsp3) is 0.500. The predicted molar refractivity (Wildman–Crippen MR) is 86.0 cm³/mol. The van der Waals surface area contributed by atoms with E-state index < -0.39 is 50.5 Å². The molecule has 2 aromatic heterocycles. The first-order valence-corrected chi connectivity index (χ1v) is 9.03. The highest BCUT2D eigenvalue weighted by Gasteiger charge is 2.48. The molecular formula is C12H16N5O9P. The summed E-state index contributed by atoms with van der Waals surface area (Å²) < 4.78 is 27.1. The second-order valence-corrected chi connectivity index (χ2v) is 6.93. The van der Waals surface area contributed by atoms with Gasteiger partial charge in [0.15, 0.2) is 23.5 Å². The molecular weight excluding hydrogens is 389 g/mol. The molecule has 148 valence electrons. The number of carbonyl (C=O) groups excluding carboxylic acids is 1. The summed E-state index contributed by atoms with van der Waals surface area (Å²) >= 11 is 0. The number of aliphatic hydroxyl groups excluding tert-OH is 1. The molecule has 0 amide bonds. The number of H-pyrrole nitrogens is 1. The van der Waals surface area contributed by atoms with Gasteiger partial charge in [0, 0.05) is 6.92 Å². The van der Waals surface area contributed by atoms with Gasteiger partial charge < -0.3 is 30.1 Å². The first kappa shape index (κ1) is 19.4. The molecule has 14 nitrogen and oxygen atoms in total. The van der Waals surface area contributed by atoms with Crippen LogP contribution in [-0.4, -0.2) is 65.3 Å². The second kappa shape index (κ2) is 6.99. The average Bonchev–Trinajstić information content (AvgIpc) is 3.07. The number of fused-ring (bicyclic) bond motifs is 1. The molecule has 6 N–H and O–H groups in total. The molecule has 0 radical (unpaired) electrons. The molecule has 1 aliphatic rings. The van der Waals surface area contributed by atoms with E-state index in [1.54, 1.807) is 0 Å². The van der Waals surface area contributed by atoms with Crippen LogP contribution in [0.3, 0.4) is 0 Å². The Labute approximate surface area is 150 Å². The number of hydrogen-bond acceptors (Lipinski definition) is 10. The normalized spacial score (nSPS) is 25.8. The fourth-order valence-corrected chi connectivity index (χ4v) is 3.04. The van der Waals surface area contributed by atoms with Crippen LogP contribution in [0.2, 0.25) is 0 Å². The number of hydrogen-bond donors (Lipinski definition) is 5. The van der Waals surface area contributed by atoms with E-state index in [1.165, 1.54) is 10.9 Å². The van der Waals surface area contributed by atoms with Crippen LogP contribution in [0, 0.1) is 0 Å². The zero-order valence-electron chi connectivity index (χ0n) is 13.8. The molecule has 0 aromatic carbocycles. The minimum Gasteiger partial charge on any atom is -0.455 e. The van der Waals surface area contributed by atoms with Gasteiger partial charge in [-0.1, -0.05) is 0 Å². The number of nitrogens with one attached hydrogen (secondary N) is 1. The first-order chi connectivity index (χ1) is 12.6. The summed E-state index contributed by atoms with van der Waals surface area (Å²) in [5.41, 5.74) is 4.85. The number of nitrogens with zero attached hydrogens (tertiary/aromatic N) is 3. The predicted octanol–water partition coefficient (Wildman–Crippen LogP) is -2.00. The topological polar surface area (TPSA) is 212 Å². The molecule has 4 atom stereocenters. The summed E-state index contributed by atoms with van der Waals surface area (Å²) in [6.07, 6.45) is -4.04. The first-order valence-electron chi connectivity index (χ1n) is 7.50. The number of nitrogens with two attached hydrogens (primary N) is 1. The molecule has 0 bridgehead atoms. The van der Waals surface area contributed by atoms with E-state index in [1.807, 2.05) is 0 Å². The van der Waals surface area contributed by atoms with Crippen LogP contribution in [0.1, 0.15) is 13.2 Å². The number of nitrogen functional groups attached to an aromatic ring is 1. The molecule has 1 saturated heterocycles. The number of aromatic amines is 1. The average molecular weight is 405 g/mol. The number of rotatable bonds is 5. The van der Waals surface area contributed by atoms with E-state index in [0.717, 1.165) is 6.92 Å². The van der Waals surface area contributed by atoms with Gasteiger partial charge in [-0.3, -0.25) is 23.7 Å². The fourth-order valence-electron chi connectivity index (χ4n) is 2.70. The maximum absolute atomic E-state index is 11.9. The second-order valence-electron chi connectivity index (χ2n) is 5.69. The summed E-state index contributed by atoms with van der Waals surface area (Å²) in [7, 11) is -4.82. The van der Waals surface area contributed by atoms with E-state index >= 15 is 0 Å². The number of carbonyl (C=O) groups is 1. The Morgan fingerprint density at radius 3 is 2.85 bits per heavy atom. The molecule has 15 heteroatoms. The third-order valence-electron chi connectivity index (χ3n) is 3.75. The van der Waals surface area contributed by atoms with Crippen LogP contribution in [0.5, 0.6) is 0 Å². The van der Waals surface area contributed by atoms with Crippen LogP contribution in [0.15, 0.2) is 11.1 Å². The number of anilines is 1. The van der Waals surface area contributed by atoms with E-state index in [0.29, 0.717) is 0 Å². The van der Waals surface area contributed by atoms with Gasteiger partial charge in [0.2, 0.25) is 5.95 Å². The lowest BCUT2D eigenvalue weighted by Gasteiger charge is -2.21. The molecule has 1 aliphatic heterocycles. The number of aliphatic hydroxyl groups is 1. The number of phosphoric acid groups is 1. The van der Waals surface area contributed by atoms with Crippen LogP contribution >= 0.6 is 7.82 Å². The lowest BCUT2D eigenvalue weighted by atomic mass is 10.1. The number of esters is 1. The highest BCUT2D eigenvalue weighted by atomic mass is 31.2. The highest BCUT2D eigenvalue weighted by Crippen LogP contribution is 2.39. The Morgan fingerprint density at radius 1 is 1.52 bits per heavy atom. The summed E-state index contributed by atoms with van der Waals surface area (Å²) in [5, 5.41) is 10.4. The van der Waals surface area contributed by atoms with Gasteiger partial charge in [-0.05, 0) is 0 Å². The molecule has 0 saturated carbocycles. The molecule has 0 spiro atoms. The molecule has 0 unspecified atom stereocenters. The SMILES string of the molecule is CC(=O)O[C@@H]1[C@H](O)[C@@H](COP(=O)(O)O)O[C@H]1n1cnc2c(=O)[nH]c(N)nc21. The van der Waals surface area contributed by atoms with Crippen molar-refractivity contribution in [1.82, 2.24) is 19.5 Å². The van der Waals surface area contributed by atoms with Crippen LogP contribution in [-0.2, 0) is 23.4 Å². The van der Waals surface area contributed by atoms with E-state index in [9.17, 15) is 19.3 Å². The quantitative estimate of drug-likeness (QED) is 0.270. The minimum atomic E-state index is -4.82. The van der Waals surface area contributed by atoms with Crippen molar-refractivity contribution in [3.8, 4) is 0 Å². The highest BCUT2D eigenvalue weighted by molar-refractivity contribution is 7.46. The lowest BCUT2D eigenvalue weighted by molar-refractivity contribution is -0.155. The van der Waals surface area contributed by atoms with Crippen molar-refractivity contribution in [3.63, 3.8) is 0 Å². The van der Waals surface area contributed by atoms with E-state index in [4.69, 9.17) is 25.0 Å². The standard InChI is InChI=1S/C12H16N5O9P/c1-4(18)25-8-7(19)5(2-24-27(21,22)23)26-11(8)17-3-14-6-9(17)15-12(13)16-10(6)20/h3,5,7-8,11,19H,2H2,1H3,(H2,21,22,23)(H3,13,15,16,20)/t5-,7-,8-,11-/m1/s1. The summed E-state index contributed by atoms with van der Waals surface area (Å²) in [6.45, 7) is 0.429. The van der Waals surface area contributed by atoms with E-state index in [-0.39, 0.29) is 17.1 Å². The Bertz CT molecular complexity index is 968. The third-order valence-corrected chi connectivity index (χ3v) is 4.23. The Balaban J connectivity index is 1.98. The minimum absolute atomic E-state index is 0.00200. The summed E-state index contributed by atoms with van der Waals surface area (Å²) in [6, 6.07) is 0. The van der Waals surface area contributed by atoms with Gasteiger partial charge in [-0.15, -0.1) is 0 Å². The maximum Gasteiger partial charge on any atom is 0.469 e. The van der Waals surface area contributed by atoms with Crippen LogP contribution < -0.4 is 11.3 Å². The monoisotopic (exact) mass is 405 g/mol. The van der Waals surface area contributed by atoms with Gasteiger partial charge in [-0.2, -0.15) is 4.98 Å². The number of imidazole rings is 1. The Kier molecular flexibility index (Phi) is 5.03. The molecule has 27 heavy (non-hydrogen) atoms. The lowest BCUT2D eigenvalue weighted by Crippen LogP contribution is -2.36. The van der Waals surface area contributed by atoms with Crippen molar-refractivity contribution in [2.75, 3.05) is 12.3 Å². The van der Waals surface area contributed by atoms with Crippen molar-refractivity contribution in [2.45, 2.75) is 31.5 Å². The van der Waals surface area contributed by atoms with Crippen molar-refractivity contribution >= 4 is 30.9 Å². The number of ether oxygens (including phenoxy) is 2. The molecule has 2 aromatic rings. The van der Waals surface area contributed by atoms with Gasteiger partial charge in [-0.25, -0.2) is 9.55 Å². The number of aromatic nitrogens is 4. The third kappa shape index (κ3) is 4.00. The Hall–Kier alpha value is -2.35. The smallest absolute Gasteiger partial charge is 0.455 e. The van der Waals surface area contributed by atoms with Crippen LogP contribution in [0.4, 0.5) is 5.95 Å². The maximum atomic E-state index is 11.9. The molecule has 3 heterocycles. The van der Waals surface area contributed by atoms with E-state index in [2.05, 4.69) is 19.5 Å². The zero-order chi connectivity index (χ0) is 19.9. The molecule has 1 fully saturated rings. The van der Waals surface area contributed by atoms with Crippen molar-refractivity contribution in [2.24, 2.45) is 0 Å². The van der Waals surface area contributed by atoms with Gasteiger partial charge in [0.1, 0.15) is 12.2 Å². The van der Waals surface area contributed by atoms with Crippen LogP contribution in [0.25, 0.3) is 11.2 Å². The van der Waals surface area contributed by atoms with Crippen molar-refractivity contribution < 1.29 is 38.3 Å². The molecule has 3 rings (SSSR count). The summed E-state index contributed by atoms with van der Waals surface area (Å²) in [4.78, 5) is 51.0. The largest absolute Gasteiger partial charge is 0.469 e. The molecule has 0 aliphatic carbocycles. The van der Waals surface area contributed by atoms with Crippen molar-refractivity contribution in [1.29, 1.82) is 0 Å². The van der Waals surface area contributed by atoms with Gasteiger partial charge >= 0.3 is 13.8 Å². The summed E-state index contributed by atoms with van der Waals surface area (Å²) in [5.74, 6) is -0.933. The number of phosphoric ester groups is 1. The van der Waals surface area contributed by atoms with Gasteiger partial charge in [0.05, 0.1) is 12.9 Å². The Morgan fingerprint density at radius 2 is 2.22 bits per heavy atom. The zero-order valence-corrected chi connectivity index (χ0v) is 14.6. The van der Waals surface area contributed by atoms with Crippen molar-refractivity contribution in [3.05, 3.63) is 16.7 Å². The van der Waals surface area contributed by atoms with Gasteiger partial charge in [0.25, 0.3) is 5.56 Å².